The van der Waals surface area contributed by atoms with Gasteiger partial charge in [0.15, 0.2) is 18.1 Å². The van der Waals surface area contributed by atoms with E-state index in [1.165, 1.54) is 20.3 Å². The molecule has 0 aliphatic heterocycles. The van der Waals surface area contributed by atoms with E-state index in [4.69, 9.17) is 18.9 Å². The topological polar surface area (TPSA) is 71.1 Å². The lowest BCUT2D eigenvalue weighted by atomic mass is 10.1. The standard InChI is InChI=1S/C19H20O6/c1-4-24-17-10-9-13(11-18(17)23-3)19(21)25-12-15(20)14-7-5-6-8-16(14)22-2/h5-11H,4,12H2,1-3H3. The highest BCUT2D eigenvalue weighted by Gasteiger charge is 2.16. The van der Waals surface area contributed by atoms with Crippen molar-refractivity contribution in [1.29, 1.82) is 0 Å². The fraction of sp³-hybridized carbons (Fsp3) is 0.263. The van der Waals surface area contributed by atoms with Gasteiger partial charge in [0.05, 0.1) is 32.0 Å². The van der Waals surface area contributed by atoms with Crippen LogP contribution >= 0.6 is 0 Å². The first-order valence-electron chi connectivity index (χ1n) is 7.74. The molecule has 0 aliphatic rings. The molecule has 0 fully saturated rings. The molecule has 2 aromatic rings. The van der Waals surface area contributed by atoms with E-state index >= 15 is 0 Å². The molecule has 0 aliphatic carbocycles. The monoisotopic (exact) mass is 344 g/mol. The molecule has 0 saturated heterocycles. The van der Waals surface area contributed by atoms with Gasteiger partial charge in [-0.25, -0.2) is 4.79 Å². The number of hydrogen-bond acceptors (Lipinski definition) is 6. The van der Waals surface area contributed by atoms with Crippen LogP contribution in [0.5, 0.6) is 17.2 Å². The molecule has 0 radical (unpaired) electrons. The summed E-state index contributed by atoms with van der Waals surface area (Å²) in [4.78, 5) is 24.4. The number of rotatable bonds is 8. The van der Waals surface area contributed by atoms with Gasteiger partial charge in [-0.2, -0.15) is 0 Å². The zero-order valence-corrected chi connectivity index (χ0v) is 14.4. The van der Waals surface area contributed by atoms with E-state index in [1.807, 2.05) is 6.92 Å². The van der Waals surface area contributed by atoms with E-state index in [-0.39, 0.29) is 18.0 Å². The number of Topliss-reactive ketones (excluding diaryl/α,β-unsaturated/α-hetero) is 1. The summed E-state index contributed by atoms with van der Waals surface area (Å²) in [5, 5.41) is 0. The largest absolute Gasteiger partial charge is 0.496 e. The minimum atomic E-state index is -0.621. The van der Waals surface area contributed by atoms with E-state index in [0.29, 0.717) is 29.4 Å². The maximum atomic E-state index is 12.2. The summed E-state index contributed by atoms with van der Waals surface area (Å²) >= 11 is 0. The highest BCUT2D eigenvalue weighted by Crippen LogP contribution is 2.28. The molecule has 2 aromatic carbocycles. The summed E-state index contributed by atoms with van der Waals surface area (Å²) in [6, 6.07) is 11.5. The van der Waals surface area contributed by atoms with Crippen LogP contribution in [0.25, 0.3) is 0 Å². The van der Waals surface area contributed by atoms with Crippen molar-refractivity contribution >= 4 is 11.8 Å². The molecular weight excluding hydrogens is 324 g/mol. The van der Waals surface area contributed by atoms with Crippen LogP contribution in [0, 0.1) is 0 Å². The van der Waals surface area contributed by atoms with Gasteiger partial charge in [-0.1, -0.05) is 12.1 Å². The third-order valence-electron chi connectivity index (χ3n) is 3.44. The van der Waals surface area contributed by atoms with Crippen molar-refractivity contribution in [2.45, 2.75) is 6.92 Å². The number of esters is 1. The third kappa shape index (κ3) is 4.50. The van der Waals surface area contributed by atoms with Crippen LogP contribution in [-0.4, -0.2) is 39.2 Å². The Labute approximate surface area is 146 Å². The number of ether oxygens (including phenoxy) is 4. The van der Waals surface area contributed by atoms with Crippen LogP contribution in [0.1, 0.15) is 27.6 Å². The zero-order chi connectivity index (χ0) is 18.2. The van der Waals surface area contributed by atoms with Gasteiger partial charge in [0, 0.05) is 0 Å². The van der Waals surface area contributed by atoms with Gasteiger partial charge in [-0.3, -0.25) is 4.79 Å². The summed E-state index contributed by atoms with van der Waals surface area (Å²) in [6.45, 7) is 1.95. The van der Waals surface area contributed by atoms with Crippen molar-refractivity contribution in [3.05, 3.63) is 53.6 Å². The minimum Gasteiger partial charge on any atom is -0.496 e. The zero-order valence-electron chi connectivity index (χ0n) is 14.4. The molecule has 0 atom stereocenters. The van der Waals surface area contributed by atoms with E-state index < -0.39 is 5.97 Å². The van der Waals surface area contributed by atoms with E-state index in [2.05, 4.69) is 0 Å². The maximum absolute atomic E-state index is 12.2. The summed E-state index contributed by atoms with van der Waals surface area (Å²) < 4.78 is 20.8. The van der Waals surface area contributed by atoms with E-state index in [0.717, 1.165) is 0 Å². The molecule has 6 nitrogen and oxygen atoms in total. The Bertz CT molecular complexity index is 753. The lowest BCUT2D eigenvalue weighted by molar-refractivity contribution is 0.0473. The van der Waals surface area contributed by atoms with Gasteiger partial charge in [0.25, 0.3) is 0 Å². The molecule has 0 unspecified atom stereocenters. The van der Waals surface area contributed by atoms with Crippen LogP contribution in [0.2, 0.25) is 0 Å². The molecule has 0 saturated carbocycles. The molecule has 0 spiro atoms. The molecule has 0 aromatic heterocycles. The Kier molecular flexibility index (Phi) is 6.39. The first kappa shape index (κ1) is 18.3. The molecule has 0 N–H and O–H groups in total. The molecule has 2 rings (SSSR count). The summed E-state index contributed by atoms with van der Waals surface area (Å²) in [5.41, 5.74) is 0.634. The Morgan fingerprint density at radius 2 is 1.64 bits per heavy atom. The highest BCUT2D eigenvalue weighted by molar-refractivity contribution is 6.01. The number of methoxy groups -OCH3 is 2. The molecule has 0 bridgehead atoms. The van der Waals surface area contributed by atoms with Crippen molar-refractivity contribution in [1.82, 2.24) is 0 Å². The van der Waals surface area contributed by atoms with Crippen LogP contribution in [-0.2, 0) is 4.74 Å². The predicted molar refractivity (Wildman–Crippen MR) is 91.8 cm³/mol. The van der Waals surface area contributed by atoms with Gasteiger partial charge in [0.1, 0.15) is 5.75 Å². The van der Waals surface area contributed by atoms with Crippen LogP contribution < -0.4 is 14.2 Å². The summed E-state index contributed by atoms with van der Waals surface area (Å²) in [7, 11) is 2.96. The molecule has 25 heavy (non-hydrogen) atoms. The Hall–Kier alpha value is -3.02. The first-order valence-corrected chi connectivity index (χ1v) is 7.74. The average Bonchev–Trinajstić information content (AvgIpc) is 2.66. The molecule has 0 amide bonds. The van der Waals surface area contributed by atoms with Gasteiger partial charge in [-0.15, -0.1) is 0 Å². The molecular formula is C19H20O6. The number of carbonyl (C=O) groups excluding carboxylic acids is 2. The van der Waals surface area contributed by atoms with Crippen LogP contribution in [0.3, 0.4) is 0 Å². The summed E-state index contributed by atoms with van der Waals surface area (Å²) in [6.07, 6.45) is 0. The summed E-state index contributed by atoms with van der Waals surface area (Å²) in [5.74, 6) is 0.429. The van der Waals surface area contributed by atoms with E-state index in [1.54, 1.807) is 36.4 Å². The van der Waals surface area contributed by atoms with Crippen molar-refractivity contribution in [2.24, 2.45) is 0 Å². The normalized spacial score (nSPS) is 10.0. The quantitative estimate of drug-likeness (QED) is 0.541. The van der Waals surface area contributed by atoms with Crippen molar-refractivity contribution in [3.8, 4) is 17.2 Å². The number of benzene rings is 2. The van der Waals surface area contributed by atoms with Gasteiger partial charge in [0.2, 0.25) is 5.78 Å². The van der Waals surface area contributed by atoms with Crippen molar-refractivity contribution in [3.63, 3.8) is 0 Å². The second-order valence-corrected chi connectivity index (χ2v) is 5.00. The number of hydrogen-bond donors (Lipinski definition) is 0. The number of ketones is 1. The maximum Gasteiger partial charge on any atom is 0.338 e. The van der Waals surface area contributed by atoms with Crippen LogP contribution in [0.15, 0.2) is 42.5 Å². The fourth-order valence-electron chi connectivity index (χ4n) is 2.24. The smallest absolute Gasteiger partial charge is 0.338 e. The van der Waals surface area contributed by atoms with E-state index in [9.17, 15) is 9.59 Å². The lowest BCUT2D eigenvalue weighted by Gasteiger charge is -2.11. The second kappa shape index (κ2) is 8.73. The average molecular weight is 344 g/mol. The molecule has 6 heteroatoms. The van der Waals surface area contributed by atoms with Crippen molar-refractivity contribution < 1.29 is 28.5 Å². The number of carbonyl (C=O) groups is 2. The Balaban J connectivity index is 2.06. The van der Waals surface area contributed by atoms with Gasteiger partial charge in [-0.05, 0) is 37.3 Å². The van der Waals surface area contributed by atoms with Gasteiger partial charge < -0.3 is 18.9 Å². The molecule has 132 valence electrons. The second-order valence-electron chi connectivity index (χ2n) is 5.00. The molecule has 0 heterocycles. The number of para-hydroxylation sites is 1. The first-order chi connectivity index (χ1) is 12.1. The highest BCUT2D eigenvalue weighted by atomic mass is 16.5. The van der Waals surface area contributed by atoms with Crippen molar-refractivity contribution in [2.75, 3.05) is 27.4 Å². The Morgan fingerprint density at radius 3 is 2.32 bits per heavy atom. The van der Waals surface area contributed by atoms with Gasteiger partial charge >= 0.3 is 5.97 Å². The minimum absolute atomic E-state index is 0.271. The predicted octanol–water partition coefficient (Wildman–Crippen LogP) is 3.14. The SMILES string of the molecule is CCOc1ccc(C(=O)OCC(=O)c2ccccc2OC)cc1OC. The lowest BCUT2D eigenvalue weighted by Crippen LogP contribution is -2.15. The fourth-order valence-corrected chi connectivity index (χ4v) is 2.24. The third-order valence-corrected chi connectivity index (χ3v) is 3.44. The Morgan fingerprint density at radius 1 is 0.920 bits per heavy atom. The van der Waals surface area contributed by atoms with Crippen LogP contribution in [0.4, 0.5) is 0 Å².